The molecule has 0 atom stereocenters. The minimum Gasteiger partial charge on any atom is -0.493 e. The molecule has 1 heterocycles. The highest BCUT2D eigenvalue weighted by molar-refractivity contribution is 6.31. The summed E-state index contributed by atoms with van der Waals surface area (Å²) >= 11 is 5.74. The van der Waals surface area contributed by atoms with Crippen LogP contribution in [0.3, 0.4) is 0 Å². The van der Waals surface area contributed by atoms with E-state index in [4.69, 9.17) is 16.3 Å². The maximum atomic E-state index is 13.0. The molecule has 1 aliphatic heterocycles. The molecule has 0 saturated heterocycles. The first-order valence-electron chi connectivity index (χ1n) is 6.66. The van der Waals surface area contributed by atoms with E-state index in [1.807, 2.05) is 6.07 Å². The molecule has 3 rings (SSSR count). The standard InChI is InChI=1S/C16H15ClFNO/c17-14-10-13(2-3-15(14)18)19-7-5-11-1-4-16-12(9-11)6-8-20-16/h1-4,9-10,19H,5-8H2. The SMILES string of the molecule is Fc1ccc(NCCc2ccc3c(c2)CCO3)cc1Cl. The number of benzene rings is 2. The van der Waals surface area contributed by atoms with Gasteiger partial charge in [-0.2, -0.15) is 0 Å². The Kier molecular flexibility index (Phi) is 3.79. The van der Waals surface area contributed by atoms with Gasteiger partial charge in [0.25, 0.3) is 0 Å². The molecule has 1 N–H and O–H groups in total. The van der Waals surface area contributed by atoms with Crippen molar-refractivity contribution in [2.24, 2.45) is 0 Å². The molecule has 104 valence electrons. The van der Waals surface area contributed by atoms with Crippen LogP contribution < -0.4 is 10.1 Å². The van der Waals surface area contributed by atoms with E-state index < -0.39 is 5.82 Å². The molecule has 0 radical (unpaired) electrons. The first-order valence-corrected chi connectivity index (χ1v) is 7.04. The summed E-state index contributed by atoms with van der Waals surface area (Å²) in [6.07, 6.45) is 1.90. The average Bonchev–Trinajstić information content (AvgIpc) is 2.90. The highest BCUT2D eigenvalue weighted by Gasteiger charge is 2.11. The number of ether oxygens (including phenoxy) is 1. The summed E-state index contributed by atoms with van der Waals surface area (Å²) in [5, 5.41) is 3.39. The molecule has 1 aliphatic rings. The molecule has 0 amide bonds. The Labute approximate surface area is 122 Å². The van der Waals surface area contributed by atoms with E-state index in [1.54, 1.807) is 12.1 Å². The number of nitrogens with one attached hydrogen (secondary N) is 1. The summed E-state index contributed by atoms with van der Waals surface area (Å²) in [7, 11) is 0. The van der Waals surface area contributed by atoms with Crippen molar-refractivity contribution in [1.29, 1.82) is 0 Å². The van der Waals surface area contributed by atoms with Crippen molar-refractivity contribution in [2.75, 3.05) is 18.5 Å². The van der Waals surface area contributed by atoms with Gasteiger partial charge in [0, 0.05) is 18.7 Å². The number of hydrogen-bond donors (Lipinski definition) is 1. The zero-order chi connectivity index (χ0) is 13.9. The van der Waals surface area contributed by atoms with Crippen LogP contribution in [0.5, 0.6) is 5.75 Å². The van der Waals surface area contributed by atoms with E-state index >= 15 is 0 Å². The molecule has 2 aromatic rings. The van der Waals surface area contributed by atoms with Crippen molar-refractivity contribution in [3.8, 4) is 5.75 Å². The zero-order valence-corrected chi connectivity index (χ0v) is 11.7. The van der Waals surface area contributed by atoms with Crippen molar-refractivity contribution >= 4 is 17.3 Å². The smallest absolute Gasteiger partial charge is 0.141 e. The van der Waals surface area contributed by atoms with E-state index in [0.29, 0.717) is 0 Å². The monoisotopic (exact) mass is 291 g/mol. The second-order valence-electron chi connectivity index (χ2n) is 4.85. The Morgan fingerprint density at radius 2 is 2.10 bits per heavy atom. The Morgan fingerprint density at radius 3 is 2.95 bits per heavy atom. The summed E-state index contributed by atoms with van der Waals surface area (Å²) in [4.78, 5) is 0. The topological polar surface area (TPSA) is 21.3 Å². The Hall–Kier alpha value is -1.74. The van der Waals surface area contributed by atoms with Crippen LogP contribution in [0.15, 0.2) is 36.4 Å². The lowest BCUT2D eigenvalue weighted by atomic mass is 10.1. The highest BCUT2D eigenvalue weighted by Crippen LogP contribution is 2.26. The lowest BCUT2D eigenvalue weighted by molar-refractivity contribution is 0.357. The number of halogens is 2. The lowest BCUT2D eigenvalue weighted by Crippen LogP contribution is -2.05. The fourth-order valence-corrected chi connectivity index (χ4v) is 2.53. The molecule has 0 fully saturated rings. The second-order valence-corrected chi connectivity index (χ2v) is 5.25. The molecule has 0 spiro atoms. The van der Waals surface area contributed by atoms with Gasteiger partial charge in [0.15, 0.2) is 0 Å². The maximum Gasteiger partial charge on any atom is 0.141 e. The fraction of sp³-hybridized carbons (Fsp3) is 0.250. The van der Waals surface area contributed by atoms with E-state index in [-0.39, 0.29) is 5.02 Å². The normalized spacial score (nSPS) is 12.9. The number of hydrogen-bond acceptors (Lipinski definition) is 2. The van der Waals surface area contributed by atoms with Gasteiger partial charge in [-0.25, -0.2) is 4.39 Å². The Bertz CT molecular complexity index is 630. The van der Waals surface area contributed by atoms with Crippen LogP contribution in [0.25, 0.3) is 0 Å². The molecule has 0 saturated carbocycles. The molecule has 2 aromatic carbocycles. The molecule has 0 aromatic heterocycles. The van der Waals surface area contributed by atoms with Gasteiger partial charge in [0.05, 0.1) is 11.6 Å². The first kappa shape index (κ1) is 13.3. The predicted molar refractivity (Wildman–Crippen MR) is 79.2 cm³/mol. The summed E-state index contributed by atoms with van der Waals surface area (Å²) < 4.78 is 18.5. The molecular weight excluding hydrogens is 277 g/mol. The number of rotatable bonds is 4. The van der Waals surface area contributed by atoms with Gasteiger partial charge in [-0.15, -0.1) is 0 Å². The van der Waals surface area contributed by atoms with Crippen molar-refractivity contribution in [3.05, 3.63) is 58.4 Å². The largest absolute Gasteiger partial charge is 0.493 e. The van der Waals surface area contributed by atoms with Crippen LogP contribution in [-0.2, 0) is 12.8 Å². The van der Waals surface area contributed by atoms with Crippen LogP contribution >= 0.6 is 11.6 Å². The second kappa shape index (κ2) is 5.71. The first-order chi connectivity index (χ1) is 9.72. The molecule has 2 nitrogen and oxygen atoms in total. The van der Waals surface area contributed by atoms with Gasteiger partial charge in [0.1, 0.15) is 11.6 Å². The van der Waals surface area contributed by atoms with Crippen LogP contribution in [0.1, 0.15) is 11.1 Å². The average molecular weight is 292 g/mol. The summed E-state index contributed by atoms with van der Waals surface area (Å²) in [5.41, 5.74) is 3.39. The molecule has 0 bridgehead atoms. The minimum atomic E-state index is -0.393. The van der Waals surface area contributed by atoms with E-state index in [9.17, 15) is 4.39 Å². The van der Waals surface area contributed by atoms with Crippen molar-refractivity contribution in [3.63, 3.8) is 0 Å². The lowest BCUT2D eigenvalue weighted by Gasteiger charge is -2.08. The third-order valence-electron chi connectivity index (χ3n) is 3.42. The molecule has 4 heteroatoms. The maximum absolute atomic E-state index is 13.0. The summed E-state index contributed by atoms with van der Waals surface area (Å²) in [5.74, 6) is 0.614. The van der Waals surface area contributed by atoms with Crippen molar-refractivity contribution in [1.82, 2.24) is 0 Å². The third kappa shape index (κ3) is 2.88. The highest BCUT2D eigenvalue weighted by atomic mass is 35.5. The molecule has 0 unspecified atom stereocenters. The quantitative estimate of drug-likeness (QED) is 0.917. The van der Waals surface area contributed by atoms with Crippen LogP contribution in [0, 0.1) is 5.82 Å². The summed E-state index contributed by atoms with van der Waals surface area (Å²) in [6, 6.07) is 11.0. The molecular formula is C16H15ClFNO. The van der Waals surface area contributed by atoms with Gasteiger partial charge >= 0.3 is 0 Å². The van der Waals surface area contributed by atoms with Crippen LogP contribution in [0.4, 0.5) is 10.1 Å². The van der Waals surface area contributed by atoms with Crippen LogP contribution in [0.2, 0.25) is 5.02 Å². The van der Waals surface area contributed by atoms with E-state index in [2.05, 4.69) is 17.4 Å². The molecule has 0 aliphatic carbocycles. The summed E-state index contributed by atoms with van der Waals surface area (Å²) in [6.45, 7) is 1.56. The fourth-order valence-electron chi connectivity index (χ4n) is 2.35. The van der Waals surface area contributed by atoms with Gasteiger partial charge in [0.2, 0.25) is 0 Å². The van der Waals surface area contributed by atoms with Gasteiger partial charge < -0.3 is 10.1 Å². The van der Waals surface area contributed by atoms with Crippen molar-refractivity contribution < 1.29 is 9.13 Å². The number of fused-ring (bicyclic) bond motifs is 1. The van der Waals surface area contributed by atoms with E-state index in [1.165, 1.54) is 17.2 Å². The number of anilines is 1. The predicted octanol–water partition coefficient (Wildman–Crippen LogP) is 4.07. The molecule has 20 heavy (non-hydrogen) atoms. The third-order valence-corrected chi connectivity index (χ3v) is 3.71. The minimum absolute atomic E-state index is 0.143. The van der Waals surface area contributed by atoms with Gasteiger partial charge in [-0.3, -0.25) is 0 Å². The Morgan fingerprint density at radius 1 is 1.20 bits per heavy atom. The van der Waals surface area contributed by atoms with Gasteiger partial charge in [-0.1, -0.05) is 23.7 Å². The van der Waals surface area contributed by atoms with Crippen LogP contribution in [-0.4, -0.2) is 13.2 Å². The van der Waals surface area contributed by atoms with Crippen molar-refractivity contribution in [2.45, 2.75) is 12.8 Å². The van der Waals surface area contributed by atoms with Gasteiger partial charge in [-0.05, 0) is 41.8 Å². The Balaban J connectivity index is 1.58. The zero-order valence-electron chi connectivity index (χ0n) is 11.0. The van der Waals surface area contributed by atoms with E-state index in [0.717, 1.165) is 37.4 Å².